The van der Waals surface area contributed by atoms with Crippen LogP contribution in [0.1, 0.15) is 30.5 Å². The van der Waals surface area contributed by atoms with Crippen LogP contribution in [0, 0.1) is 12.7 Å². The highest BCUT2D eigenvalue weighted by Gasteiger charge is 2.13. The molecule has 0 unspecified atom stereocenters. The number of fused-ring (bicyclic) bond motifs is 1. The average molecular weight is 446 g/mol. The Kier molecular flexibility index (Phi) is 6.21. The minimum Gasteiger partial charge on any atom is -0.436 e. The van der Waals surface area contributed by atoms with Crippen LogP contribution in [0.5, 0.6) is 11.6 Å². The first kappa shape index (κ1) is 21.4. The van der Waals surface area contributed by atoms with Crippen LogP contribution in [-0.4, -0.2) is 39.5 Å². The number of nitrogens with one attached hydrogen (secondary N) is 2. The molecule has 33 heavy (non-hydrogen) atoms. The van der Waals surface area contributed by atoms with Crippen molar-refractivity contribution >= 4 is 22.5 Å². The first-order valence-electron chi connectivity index (χ1n) is 11.5. The van der Waals surface area contributed by atoms with Gasteiger partial charge in [-0.15, -0.1) is 0 Å². The number of H-pyrrole nitrogens is 1. The monoisotopic (exact) mass is 445 g/mol. The van der Waals surface area contributed by atoms with Gasteiger partial charge in [-0.05, 0) is 88.1 Å². The van der Waals surface area contributed by atoms with Gasteiger partial charge >= 0.3 is 0 Å². The topological polar surface area (TPSA) is 66.1 Å². The second kappa shape index (κ2) is 9.58. The Balaban J connectivity index is 1.24. The summed E-state index contributed by atoms with van der Waals surface area (Å²) in [4.78, 5) is 14.4. The van der Waals surface area contributed by atoms with E-state index < -0.39 is 5.82 Å². The average Bonchev–Trinajstić information content (AvgIpc) is 3.46. The molecule has 0 radical (unpaired) electrons. The number of aromatic nitrogens is 3. The number of aryl methyl sites for hydroxylation is 2. The summed E-state index contributed by atoms with van der Waals surface area (Å²) >= 11 is 0. The summed E-state index contributed by atoms with van der Waals surface area (Å²) in [6.07, 6.45) is 6.45. The molecule has 2 aromatic carbocycles. The van der Waals surface area contributed by atoms with E-state index in [-0.39, 0.29) is 11.6 Å². The minimum atomic E-state index is -0.411. The van der Waals surface area contributed by atoms with Gasteiger partial charge < -0.3 is 19.9 Å². The molecule has 0 spiro atoms. The predicted octanol–water partition coefficient (Wildman–Crippen LogP) is 5.97. The lowest BCUT2D eigenvalue weighted by atomic mass is 10.1. The molecule has 5 rings (SSSR count). The molecule has 2 aromatic heterocycles. The SMILES string of the molecule is Cc1cc2c(F)c(Oc3ccnc(Nc4cccc(CCCN5CCCC5)c4)n3)ccc2[nH]1. The van der Waals surface area contributed by atoms with Crippen LogP contribution in [0.25, 0.3) is 10.9 Å². The third kappa shape index (κ3) is 5.14. The number of rotatable bonds is 8. The van der Waals surface area contributed by atoms with E-state index in [9.17, 15) is 4.39 Å². The molecule has 0 amide bonds. The molecule has 6 nitrogen and oxygen atoms in total. The maximum absolute atomic E-state index is 14.9. The second-order valence-corrected chi connectivity index (χ2v) is 8.59. The van der Waals surface area contributed by atoms with Crippen molar-refractivity contribution in [3.63, 3.8) is 0 Å². The first-order chi connectivity index (χ1) is 16.1. The van der Waals surface area contributed by atoms with Crippen LogP contribution in [-0.2, 0) is 6.42 Å². The van der Waals surface area contributed by atoms with Crippen molar-refractivity contribution in [2.24, 2.45) is 0 Å². The Morgan fingerprint density at radius 1 is 1.12 bits per heavy atom. The third-order valence-electron chi connectivity index (χ3n) is 6.00. The molecule has 0 saturated carbocycles. The minimum absolute atomic E-state index is 0.131. The number of aromatic amines is 1. The Bertz CT molecular complexity index is 1250. The zero-order valence-electron chi connectivity index (χ0n) is 18.8. The van der Waals surface area contributed by atoms with Gasteiger partial charge in [0.25, 0.3) is 0 Å². The van der Waals surface area contributed by atoms with E-state index in [0.29, 0.717) is 11.3 Å². The molecule has 7 heteroatoms. The standard InChI is InChI=1S/C26H28FN5O/c1-18-16-21-22(29-18)9-10-23(25(21)27)33-24-11-12-28-26(31-24)30-20-8-4-6-19(17-20)7-5-15-32-13-2-3-14-32/h4,6,8-12,16-17,29H,2-3,5,7,13-15H2,1H3,(H,28,30,31). The Morgan fingerprint density at radius 2 is 2.00 bits per heavy atom. The largest absolute Gasteiger partial charge is 0.436 e. The fourth-order valence-electron chi connectivity index (χ4n) is 4.39. The van der Waals surface area contributed by atoms with Crippen molar-refractivity contribution in [2.45, 2.75) is 32.6 Å². The van der Waals surface area contributed by atoms with Gasteiger partial charge in [-0.1, -0.05) is 12.1 Å². The molecular weight excluding hydrogens is 417 g/mol. The van der Waals surface area contributed by atoms with Crippen LogP contribution in [0.4, 0.5) is 16.0 Å². The number of benzene rings is 2. The summed E-state index contributed by atoms with van der Waals surface area (Å²) in [5.74, 6) is 0.401. The van der Waals surface area contributed by atoms with E-state index in [4.69, 9.17) is 4.74 Å². The molecular formula is C26H28FN5O. The maximum Gasteiger partial charge on any atom is 0.230 e. The van der Waals surface area contributed by atoms with E-state index in [1.54, 1.807) is 30.5 Å². The van der Waals surface area contributed by atoms with Crippen molar-refractivity contribution in [2.75, 3.05) is 25.0 Å². The number of ether oxygens (including phenoxy) is 1. The molecule has 0 atom stereocenters. The summed E-state index contributed by atoms with van der Waals surface area (Å²) in [7, 11) is 0. The van der Waals surface area contributed by atoms with E-state index in [2.05, 4.69) is 37.3 Å². The van der Waals surface area contributed by atoms with E-state index in [0.717, 1.165) is 36.3 Å². The molecule has 1 aliphatic rings. The normalized spacial score (nSPS) is 14.1. The number of likely N-dealkylation sites (tertiary alicyclic amines) is 1. The molecule has 3 heterocycles. The lowest BCUT2D eigenvalue weighted by Gasteiger charge is -2.14. The molecule has 0 bridgehead atoms. The number of halogens is 1. The molecule has 4 aromatic rings. The van der Waals surface area contributed by atoms with Gasteiger partial charge in [-0.3, -0.25) is 0 Å². The van der Waals surface area contributed by atoms with Crippen molar-refractivity contribution in [1.29, 1.82) is 0 Å². The van der Waals surface area contributed by atoms with Gasteiger partial charge in [0.05, 0.1) is 0 Å². The number of hydrogen-bond acceptors (Lipinski definition) is 5. The summed E-state index contributed by atoms with van der Waals surface area (Å²) in [6, 6.07) is 15.1. The summed E-state index contributed by atoms with van der Waals surface area (Å²) < 4.78 is 20.6. The number of anilines is 2. The van der Waals surface area contributed by atoms with E-state index in [1.807, 2.05) is 19.1 Å². The maximum atomic E-state index is 14.9. The van der Waals surface area contributed by atoms with Crippen LogP contribution in [0.15, 0.2) is 54.7 Å². The highest BCUT2D eigenvalue weighted by Crippen LogP contribution is 2.30. The summed E-state index contributed by atoms with van der Waals surface area (Å²) in [5.41, 5.74) is 3.83. The van der Waals surface area contributed by atoms with Crippen molar-refractivity contribution in [1.82, 2.24) is 19.9 Å². The Labute approximate surface area is 192 Å². The highest BCUT2D eigenvalue weighted by molar-refractivity contribution is 5.82. The lowest BCUT2D eigenvalue weighted by Crippen LogP contribution is -2.20. The van der Waals surface area contributed by atoms with Gasteiger partial charge in [-0.2, -0.15) is 4.98 Å². The molecule has 2 N–H and O–H groups in total. The predicted molar refractivity (Wildman–Crippen MR) is 129 cm³/mol. The number of hydrogen-bond donors (Lipinski definition) is 2. The fourth-order valence-corrected chi connectivity index (χ4v) is 4.39. The lowest BCUT2D eigenvalue weighted by molar-refractivity contribution is 0.334. The van der Waals surface area contributed by atoms with Gasteiger partial charge in [0, 0.05) is 34.5 Å². The van der Waals surface area contributed by atoms with Gasteiger partial charge in [-0.25, -0.2) is 9.37 Å². The van der Waals surface area contributed by atoms with Crippen molar-refractivity contribution in [3.05, 3.63) is 71.8 Å². The fraction of sp³-hybridized carbons (Fsp3) is 0.308. The van der Waals surface area contributed by atoms with Crippen LogP contribution in [0.3, 0.4) is 0 Å². The molecule has 1 fully saturated rings. The first-order valence-corrected chi connectivity index (χ1v) is 11.5. The van der Waals surface area contributed by atoms with E-state index >= 15 is 0 Å². The summed E-state index contributed by atoms with van der Waals surface area (Å²) in [5, 5.41) is 3.74. The van der Waals surface area contributed by atoms with E-state index in [1.165, 1.54) is 31.5 Å². The van der Waals surface area contributed by atoms with Crippen LogP contribution < -0.4 is 10.1 Å². The molecule has 1 aliphatic heterocycles. The second-order valence-electron chi connectivity index (χ2n) is 8.59. The van der Waals surface area contributed by atoms with Gasteiger partial charge in [0.1, 0.15) is 0 Å². The van der Waals surface area contributed by atoms with Crippen LogP contribution in [0.2, 0.25) is 0 Å². The van der Waals surface area contributed by atoms with Crippen molar-refractivity contribution in [3.8, 4) is 11.6 Å². The number of nitrogens with zero attached hydrogens (tertiary/aromatic N) is 3. The highest BCUT2D eigenvalue weighted by atomic mass is 19.1. The zero-order valence-corrected chi connectivity index (χ0v) is 18.8. The zero-order chi connectivity index (χ0) is 22.6. The smallest absolute Gasteiger partial charge is 0.230 e. The van der Waals surface area contributed by atoms with Crippen molar-refractivity contribution < 1.29 is 9.13 Å². The Morgan fingerprint density at radius 3 is 2.88 bits per heavy atom. The van der Waals surface area contributed by atoms with Gasteiger partial charge in [0.15, 0.2) is 11.6 Å². The van der Waals surface area contributed by atoms with Crippen LogP contribution >= 0.6 is 0 Å². The Hall–Kier alpha value is -3.45. The molecule has 170 valence electrons. The third-order valence-corrected chi connectivity index (χ3v) is 6.00. The summed E-state index contributed by atoms with van der Waals surface area (Å²) in [6.45, 7) is 5.52. The molecule has 0 aliphatic carbocycles. The van der Waals surface area contributed by atoms with Gasteiger partial charge in [0.2, 0.25) is 11.8 Å². The quantitative estimate of drug-likeness (QED) is 0.350. The molecule has 1 saturated heterocycles.